The van der Waals surface area contributed by atoms with Crippen LogP contribution in [0.1, 0.15) is 0 Å². The van der Waals surface area contributed by atoms with E-state index in [0.717, 1.165) is 0 Å². The average molecular weight is 588 g/mol. The minimum absolute atomic E-state index is 0. The number of carboxylic acid groups (broad SMARTS) is 2. The van der Waals surface area contributed by atoms with Crippen LogP contribution in [0.4, 0.5) is 0 Å². The Kier molecular flexibility index (Phi) is 20.1. The van der Waals surface area contributed by atoms with E-state index in [-0.39, 0.29) is 48.9 Å². The molecule has 0 saturated carbocycles. The number of aliphatic hydroxyl groups is 12. The maximum atomic E-state index is 10.1. The summed E-state index contributed by atoms with van der Waals surface area (Å²) in [7, 11) is 0. The van der Waals surface area contributed by atoms with E-state index in [2.05, 4.69) is 0 Å². The molecule has 0 bridgehead atoms. The minimum atomic E-state index is -2.40. The van der Waals surface area contributed by atoms with Crippen molar-refractivity contribution in [1.29, 1.82) is 0 Å². The Hall–Kier alpha value is 0.0314. The number of carbonyl (C=O) groups is 2. The van der Waals surface area contributed by atoms with Gasteiger partial charge in [-0.3, -0.25) is 0 Å². The van der Waals surface area contributed by atoms with Gasteiger partial charge in [0.2, 0.25) is 0 Å². The first-order chi connectivity index (χ1) is 13.6. The van der Waals surface area contributed by atoms with Gasteiger partial charge in [0.1, 0.15) is 61.0 Å². The molecule has 180 valence electrons. The van der Waals surface area contributed by atoms with Gasteiger partial charge in [0.25, 0.3) is 0 Å². The predicted molar refractivity (Wildman–Crippen MR) is 90.0 cm³/mol. The van der Waals surface area contributed by atoms with Gasteiger partial charge in [-0.25, -0.2) is 0 Å². The molecule has 0 rings (SSSR count). The van der Waals surface area contributed by atoms with Crippen LogP contribution in [0.15, 0.2) is 0 Å². The standard InChI is InChI=1S/2C7H14O8.Ba/c2*8-1-2(9)3(10)4(11)5(12)6(13)7(14)15;/h2*2-6,8-13H,1H2,(H,14,15);/q;;+2/p-2/t2*2-,3+,4-,5-,6+;/m11./s1. The van der Waals surface area contributed by atoms with Crippen LogP contribution in [0.25, 0.3) is 0 Å². The molecule has 0 fully saturated rings. The maximum absolute atomic E-state index is 10.1. The Balaban J connectivity index is -0.000000490. The molecule has 0 aliphatic carbocycles. The van der Waals surface area contributed by atoms with Gasteiger partial charge in [-0.2, -0.15) is 0 Å². The zero-order valence-corrected chi connectivity index (χ0v) is 20.3. The first-order valence-electron chi connectivity index (χ1n) is 8.09. The van der Waals surface area contributed by atoms with Crippen molar-refractivity contribution in [3.05, 3.63) is 0 Å². The van der Waals surface area contributed by atoms with E-state index in [1.807, 2.05) is 0 Å². The molecule has 0 aliphatic heterocycles. The molecule has 0 spiro atoms. The molecule has 31 heavy (non-hydrogen) atoms. The second-order valence-electron chi connectivity index (χ2n) is 5.97. The molecule has 0 saturated heterocycles. The average Bonchev–Trinajstić information content (AvgIpc) is 2.73. The first kappa shape index (κ1) is 35.6. The second kappa shape index (κ2) is 17.5. The van der Waals surface area contributed by atoms with E-state index >= 15 is 0 Å². The van der Waals surface area contributed by atoms with Crippen LogP contribution in [0.3, 0.4) is 0 Å². The van der Waals surface area contributed by atoms with Crippen molar-refractivity contribution in [3.63, 3.8) is 0 Å². The number of rotatable bonds is 12. The molecule has 0 amide bonds. The van der Waals surface area contributed by atoms with Crippen molar-refractivity contribution in [2.75, 3.05) is 13.2 Å². The summed E-state index contributed by atoms with van der Waals surface area (Å²) in [5.74, 6) is -4.07. The minimum Gasteiger partial charge on any atom is -0.547 e. The van der Waals surface area contributed by atoms with E-state index in [1.54, 1.807) is 0 Å². The van der Waals surface area contributed by atoms with Gasteiger partial charge in [-0.1, -0.05) is 0 Å². The molecular weight excluding hydrogens is 561 g/mol. The number of carboxylic acids is 2. The third-order valence-corrected chi connectivity index (χ3v) is 3.69. The number of aliphatic hydroxyl groups excluding tert-OH is 12. The Morgan fingerprint density at radius 1 is 0.516 bits per heavy atom. The number of hydrogen-bond donors (Lipinski definition) is 12. The van der Waals surface area contributed by atoms with E-state index in [9.17, 15) is 19.8 Å². The molecule has 10 atom stereocenters. The molecule has 0 aromatic carbocycles. The summed E-state index contributed by atoms with van der Waals surface area (Å²) in [6.45, 7) is -1.79. The summed E-state index contributed by atoms with van der Waals surface area (Å²) >= 11 is 0. The van der Waals surface area contributed by atoms with Crippen LogP contribution in [0.2, 0.25) is 0 Å². The monoisotopic (exact) mass is 588 g/mol. The van der Waals surface area contributed by atoms with Gasteiger partial charge in [-0.15, -0.1) is 0 Å². The fraction of sp³-hybridized carbons (Fsp3) is 0.857. The Morgan fingerprint density at radius 2 is 0.742 bits per heavy atom. The summed E-state index contributed by atoms with van der Waals surface area (Å²) in [6, 6.07) is 0. The number of hydrogen-bond acceptors (Lipinski definition) is 16. The van der Waals surface area contributed by atoms with Crippen LogP contribution in [-0.4, -0.2) is 196 Å². The van der Waals surface area contributed by atoms with Gasteiger partial charge in [-0.05, 0) is 0 Å². The molecular formula is C14H26BaO16. The van der Waals surface area contributed by atoms with Crippen molar-refractivity contribution in [1.82, 2.24) is 0 Å². The maximum Gasteiger partial charge on any atom is 2.00 e. The van der Waals surface area contributed by atoms with E-state index in [1.165, 1.54) is 0 Å². The summed E-state index contributed by atoms with van der Waals surface area (Å²) in [6.07, 6.45) is -21.0. The number of aliphatic carboxylic acids is 2. The molecule has 0 aromatic heterocycles. The van der Waals surface area contributed by atoms with Gasteiger partial charge < -0.3 is 81.1 Å². The van der Waals surface area contributed by atoms with Crippen LogP contribution >= 0.6 is 0 Å². The third kappa shape index (κ3) is 12.2. The van der Waals surface area contributed by atoms with E-state index < -0.39 is 86.2 Å². The molecule has 17 heteroatoms. The van der Waals surface area contributed by atoms with Crippen molar-refractivity contribution in [2.45, 2.75) is 61.0 Å². The topological polar surface area (TPSA) is 323 Å². The van der Waals surface area contributed by atoms with Crippen LogP contribution in [-0.2, 0) is 9.59 Å². The van der Waals surface area contributed by atoms with Gasteiger partial charge in [0.15, 0.2) is 0 Å². The zero-order chi connectivity index (χ0) is 24.3. The van der Waals surface area contributed by atoms with Crippen molar-refractivity contribution < 1.29 is 81.1 Å². The first-order valence-corrected chi connectivity index (χ1v) is 8.09. The normalized spacial score (nSPS) is 20.8. The smallest absolute Gasteiger partial charge is 0.547 e. The van der Waals surface area contributed by atoms with Crippen molar-refractivity contribution in [3.8, 4) is 0 Å². The van der Waals surface area contributed by atoms with Crippen molar-refractivity contribution in [2.24, 2.45) is 0 Å². The van der Waals surface area contributed by atoms with Crippen molar-refractivity contribution >= 4 is 60.8 Å². The largest absolute Gasteiger partial charge is 2.00 e. The summed E-state index contributed by atoms with van der Waals surface area (Å²) < 4.78 is 0. The van der Waals surface area contributed by atoms with Crippen LogP contribution < -0.4 is 10.2 Å². The molecule has 0 radical (unpaired) electrons. The molecule has 12 N–H and O–H groups in total. The van der Waals surface area contributed by atoms with E-state index in [4.69, 9.17) is 61.3 Å². The quantitative estimate of drug-likeness (QED) is 0.0942. The van der Waals surface area contributed by atoms with Gasteiger partial charge in [0.05, 0.1) is 25.2 Å². The fourth-order valence-corrected chi connectivity index (χ4v) is 1.73. The van der Waals surface area contributed by atoms with Crippen LogP contribution in [0, 0.1) is 0 Å². The van der Waals surface area contributed by atoms with Crippen LogP contribution in [0.5, 0.6) is 0 Å². The van der Waals surface area contributed by atoms with E-state index in [0.29, 0.717) is 0 Å². The zero-order valence-electron chi connectivity index (χ0n) is 15.9. The predicted octanol–water partition coefficient (Wildman–Crippen LogP) is -11.3. The summed E-state index contributed by atoms with van der Waals surface area (Å²) in [5, 5.41) is 126. The fourth-order valence-electron chi connectivity index (χ4n) is 1.73. The SMILES string of the molecule is O=C([O-])[C@@H](O)[C@H](O)[C@H](O)[C@@H](O)[C@H](O)CO.O=C([O-])[C@@H](O)[C@H](O)[C@H](O)[C@@H](O)[C@H](O)CO.[Ba+2]. The molecule has 0 heterocycles. The molecule has 16 nitrogen and oxygen atoms in total. The third-order valence-electron chi connectivity index (χ3n) is 3.69. The second-order valence-corrected chi connectivity index (χ2v) is 5.97. The Morgan fingerprint density at radius 3 is 0.903 bits per heavy atom. The summed E-state index contributed by atoms with van der Waals surface area (Å²) in [5.41, 5.74) is 0. The molecule has 0 unspecified atom stereocenters. The van der Waals surface area contributed by atoms with Gasteiger partial charge in [0, 0.05) is 0 Å². The Labute approximate surface area is 215 Å². The summed E-state index contributed by atoms with van der Waals surface area (Å²) in [4.78, 5) is 20.2. The van der Waals surface area contributed by atoms with Gasteiger partial charge >= 0.3 is 48.9 Å². The Bertz CT molecular complexity index is 465. The molecule has 0 aromatic rings. The molecule has 0 aliphatic rings. The number of carbonyl (C=O) groups excluding carboxylic acids is 2.